The molecule has 0 spiro atoms. The predicted octanol–water partition coefficient (Wildman–Crippen LogP) is 3.36. The quantitative estimate of drug-likeness (QED) is 0.667. The summed E-state index contributed by atoms with van der Waals surface area (Å²) in [5.74, 6) is 2.35. The molecule has 0 unspecified atom stereocenters. The van der Waals surface area contributed by atoms with Gasteiger partial charge in [0.25, 0.3) is 0 Å². The van der Waals surface area contributed by atoms with Crippen LogP contribution in [0.15, 0.2) is 48.5 Å². The highest BCUT2D eigenvalue weighted by atomic mass is 16.5. The number of hydrogen-bond donors (Lipinski definition) is 1. The first-order valence-electron chi connectivity index (χ1n) is 8.94. The molecule has 0 amide bonds. The second kappa shape index (κ2) is 10.7. The molecule has 26 heavy (non-hydrogen) atoms. The Kier molecular flexibility index (Phi) is 8.25. The van der Waals surface area contributed by atoms with E-state index in [1.165, 1.54) is 5.56 Å². The van der Waals surface area contributed by atoms with Gasteiger partial charge in [0.05, 0.1) is 14.2 Å². The Morgan fingerprint density at radius 1 is 0.962 bits per heavy atom. The summed E-state index contributed by atoms with van der Waals surface area (Å²) in [5.41, 5.74) is 1.17. The molecule has 0 aromatic heterocycles. The van der Waals surface area contributed by atoms with Crippen molar-refractivity contribution in [2.75, 3.05) is 33.9 Å². The molecule has 0 aliphatic rings. The Labute approximate surface area is 156 Å². The van der Waals surface area contributed by atoms with Crippen molar-refractivity contribution in [3.05, 3.63) is 54.1 Å². The number of nitrogens with zero attached hydrogens (tertiary/aromatic N) is 1. The zero-order valence-electron chi connectivity index (χ0n) is 15.9. The van der Waals surface area contributed by atoms with Crippen LogP contribution in [0.5, 0.6) is 17.2 Å². The number of methoxy groups -OCH3 is 2. The van der Waals surface area contributed by atoms with Crippen LogP contribution >= 0.6 is 0 Å². The van der Waals surface area contributed by atoms with Crippen LogP contribution in [0.4, 0.5) is 0 Å². The summed E-state index contributed by atoms with van der Waals surface area (Å²) in [7, 11) is 3.30. The molecule has 5 nitrogen and oxygen atoms in total. The van der Waals surface area contributed by atoms with Crippen molar-refractivity contribution in [3.8, 4) is 17.2 Å². The van der Waals surface area contributed by atoms with Crippen LogP contribution in [-0.2, 0) is 6.54 Å². The van der Waals surface area contributed by atoms with Gasteiger partial charge in [-0.2, -0.15) is 0 Å². The van der Waals surface area contributed by atoms with Gasteiger partial charge in [0.15, 0.2) is 0 Å². The van der Waals surface area contributed by atoms with Crippen LogP contribution in [0, 0.1) is 0 Å². The number of aliphatic hydroxyl groups excluding tert-OH is 1. The van der Waals surface area contributed by atoms with Crippen molar-refractivity contribution in [2.45, 2.75) is 26.0 Å². The highest BCUT2D eigenvalue weighted by molar-refractivity contribution is 5.31. The number of benzene rings is 2. The zero-order chi connectivity index (χ0) is 18.8. The molecule has 1 N–H and O–H groups in total. The molecule has 1 atom stereocenters. The van der Waals surface area contributed by atoms with E-state index in [2.05, 4.69) is 17.9 Å². The Bertz CT molecular complexity index is 645. The summed E-state index contributed by atoms with van der Waals surface area (Å²) in [6.45, 7) is 4.63. The maximum atomic E-state index is 10.4. The van der Waals surface area contributed by atoms with Gasteiger partial charge >= 0.3 is 0 Å². The van der Waals surface area contributed by atoms with Crippen LogP contribution in [0.3, 0.4) is 0 Å². The number of hydrogen-bond acceptors (Lipinski definition) is 5. The molecule has 0 fully saturated rings. The number of aliphatic hydroxyl groups is 1. The third kappa shape index (κ3) is 6.58. The van der Waals surface area contributed by atoms with E-state index >= 15 is 0 Å². The van der Waals surface area contributed by atoms with Gasteiger partial charge in [-0.3, -0.25) is 4.90 Å². The van der Waals surface area contributed by atoms with Crippen molar-refractivity contribution in [3.63, 3.8) is 0 Å². The predicted molar refractivity (Wildman–Crippen MR) is 103 cm³/mol. The van der Waals surface area contributed by atoms with E-state index < -0.39 is 6.10 Å². The summed E-state index contributed by atoms with van der Waals surface area (Å²) in [4.78, 5) is 2.23. The molecule has 0 heterocycles. The van der Waals surface area contributed by atoms with Crippen LogP contribution in [0.1, 0.15) is 18.9 Å². The van der Waals surface area contributed by atoms with Crippen LogP contribution < -0.4 is 14.2 Å². The van der Waals surface area contributed by atoms with Gasteiger partial charge in [-0.05, 0) is 54.9 Å². The lowest BCUT2D eigenvalue weighted by Gasteiger charge is -2.25. The minimum Gasteiger partial charge on any atom is -0.497 e. The van der Waals surface area contributed by atoms with E-state index in [0.717, 1.165) is 36.8 Å². The molecule has 0 bridgehead atoms. The van der Waals surface area contributed by atoms with Crippen molar-refractivity contribution < 1.29 is 19.3 Å². The molecule has 0 saturated carbocycles. The average molecular weight is 359 g/mol. The fraction of sp³-hybridized carbons (Fsp3) is 0.429. The van der Waals surface area contributed by atoms with E-state index in [9.17, 15) is 5.11 Å². The fourth-order valence-corrected chi connectivity index (χ4v) is 2.80. The van der Waals surface area contributed by atoms with Crippen molar-refractivity contribution in [1.82, 2.24) is 4.90 Å². The standard InChI is InChI=1S/C21H29NO4/c1-4-12-22(14-17-6-5-7-21(13-17)25-3)15-18(23)16-26-20-10-8-19(24-2)9-11-20/h5-11,13,18,23H,4,12,14-16H2,1-3H3/t18-/m1/s1. The van der Waals surface area contributed by atoms with Crippen molar-refractivity contribution in [2.24, 2.45) is 0 Å². The van der Waals surface area contributed by atoms with Gasteiger partial charge < -0.3 is 19.3 Å². The lowest BCUT2D eigenvalue weighted by molar-refractivity contribution is 0.0655. The summed E-state index contributed by atoms with van der Waals surface area (Å²) in [5, 5.41) is 10.4. The minimum absolute atomic E-state index is 0.255. The molecular weight excluding hydrogens is 330 g/mol. The molecule has 2 aromatic carbocycles. The SMILES string of the molecule is CCCN(Cc1cccc(OC)c1)C[C@@H](O)COc1ccc(OC)cc1. The molecule has 0 aliphatic heterocycles. The third-order valence-electron chi connectivity index (χ3n) is 4.05. The second-order valence-corrected chi connectivity index (χ2v) is 6.23. The minimum atomic E-state index is -0.561. The maximum absolute atomic E-state index is 10.4. The first kappa shape index (κ1) is 20.1. The molecular formula is C21H29NO4. The van der Waals surface area contributed by atoms with Crippen LogP contribution in [-0.4, -0.2) is 50.0 Å². The van der Waals surface area contributed by atoms with Gasteiger partial charge in [0, 0.05) is 13.1 Å². The van der Waals surface area contributed by atoms with E-state index in [1.807, 2.05) is 42.5 Å². The third-order valence-corrected chi connectivity index (χ3v) is 4.05. The van der Waals surface area contributed by atoms with E-state index in [-0.39, 0.29) is 6.61 Å². The van der Waals surface area contributed by atoms with E-state index in [1.54, 1.807) is 14.2 Å². The first-order valence-corrected chi connectivity index (χ1v) is 8.94. The van der Waals surface area contributed by atoms with E-state index in [4.69, 9.17) is 14.2 Å². The van der Waals surface area contributed by atoms with Gasteiger partial charge in [0.1, 0.15) is 30.0 Å². The monoisotopic (exact) mass is 359 g/mol. The Morgan fingerprint density at radius 2 is 1.65 bits per heavy atom. The largest absolute Gasteiger partial charge is 0.497 e. The molecule has 2 aromatic rings. The summed E-state index contributed by atoms with van der Waals surface area (Å²) < 4.78 is 16.1. The van der Waals surface area contributed by atoms with Gasteiger partial charge in [-0.1, -0.05) is 19.1 Å². The molecule has 2 rings (SSSR count). The second-order valence-electron chi connectivity index (χ2n) is 6.23. The highest BCUT2D eigenvalue weighted by Gasteiger charge is 2.13. The maximum Gasteiger partial charge on any atom is 0.119 e. The highest BCUT2D eigenvalue weighted by Crippen LogP contribution is 2.18. The number of rotatable bonds is 11. The molecule has 0 saturated heterocycles. The molecule has 5 heteroatoms. The average Bonchev–Trinajstić information content (AvgIpc) is 2.67. The van der Waals surface area contributed by atoms with Crippen molar-refractivity contribution >= 4 is 0 Å². The van der Waals surface area contributed by atoms with E-state index in [0.29, 0.717) is 6.54 Å². The van der Waals surface area contributed by atoms with Gasteiger partial charge in [-0.15, -0.1) is 0 Å². The van der Waals surface area contributed by atoms with Gasteiger partial charge in [-0.25, -0.2) is 0 Å². The smallest absolute Gasteiger partial charge is 0.119 e. The summed E-state index contributed by atoms with van der Waals surface area (Å²) >= 11 is 0. The summed E-state index contributed by atoms with van der Waals surface area (Å²) in [6.07, 6.45) is 0.463. The molecule has 0 aliphatic carbocycles. The first-order chi connectivity index (χ1) is 12.6. The van der Waals surface area contributed by atoms with Gasteiger partial charge in [0.2, 0.25) is 0 Å². The van der Waals surface area contributed by atoms with Crippen molar-refractivity contribution in [1.29, 1.82) is 0 Å². The number of ether oxygens (including phenoxy) is 3. The molecule has 142 valence electrons. The van der Waals surface area contributed by atoms with Crippen LogP contribution in [0.25, 0.3) is 0 Å². The Balaban J connectivity index is 1.86. The fourth-order valence-electron chi connectivity index (χ4n) is 2.80. The Hall–Kier alpha value is -2.24. The topological polar surface area (TPSA) is 51.2 Å². The summed E-state index contributed by atoms with van der Waals surface area (Å²) in [6, 6.07) is 15.4. The zero-order valence-corrected chi connectivity index (χ0v) is 15.9. The lowest BCUT2D eigenvalue weighted by Crippen LogP contribution is -2.35. The van der Waals surface area contributed by atoms with Crippen LogP contribution in [0.2, 0.25) is 0 Å². The normalized spacial score (nSPS) is 12.0. The molecule has 0 radical (unpaired) electrons. The Morgan fingerprint density at radius 3 is 2.31 bits per heavy atom. The lowest BCUT2D eigenvalue weighted by atomic mass is 10.2.